The van der Waals surface area contributed by atoms with E-state index in [0.717, 1.165) is 6.07 Å². The van der Waals surface area contributed by atoms with Gasteiger partial charge in [-0.05, 0) is 12.1 Å². The largest absolute Gasteiger partial charge is 0.478 e. The molecule has 17 heavy (non-hydrogen) atoms. The predicted molar refractivity (Wildman–Crippen MR) is 51.5 cm³/mol. The summed E-state index contributed by atoms with van der Waals surface area (Å²) in [5, 5.41) is 8.98. The number of alkyl halides is 3. The summed E-state index contributed by atoms with van der Waals surface area (Å²) < 4.78 is 37.8. The van der Waals surface area contributed by atoms with E-state index >= 15 is 0 Å². The summed E-state index contributed by atoms with van der Waals surface area (Å²) in [7, 11) is 0. The summed E-state index contributed by atoms with van der Waals surface area (Å²) in [6, 6.07) is 2.21. The molecule has 0 aliphatic heterocycles. The Hall–Kier alpha value is -2.18. The van der Waals surface area contributed by atoms with Crippen molar-refractivity contribution in [1.82, 2.24) is 9.97 Å². The lowest BCUT2D eigenvalue weighted by molar-refractivity contribution is -0.141. The van der Waals surface area contributed by atoms with Crippen LogP contribution in [-0.2, 0) is 6.18 Å². The third-order valence-electron chi connectivity index (χ3n) is 2.11. The highest BCUT2D eigenvalue weighted by atomic mass is 19.4. The topological polar surface area (TPSA) is 63.1 Å². The number of fused-ring (bicyclic) bond motifs is 1. The van der Waals surface area contributed by atoms with Gasteiger partial charge in [0, 0.05) is 17.8 Å². The summed E-state index contributed by atoms with van der Waals surface area (Å²) in [5.74, 6) is -1.67. The van der Waals surface area contributed by atoms with E-state index in [9.17, 15) is 18.0 Å². The molecular weight excluding hydrogens is 237 g/mol. The number of carboxylic acid groups (broad SMARTS) is 1. The summed E-state index contributed by atoms with van der Waals surface area (Å²) >= 11 is 0. The average Bonchev–Trinajstić information content (AvgIpc) is 2.26. The molecule has 0 aliphatic carbocycles. The molecule has 0 atom stereocenters. The number of halogens is 3. The van der Waals surface area contributed by atoms with Crippen molar-refractivity contribution in [1.29, 1.82) is 0 Å². The fourth-order valence-corrected chi connectivity index (χ4v) is 1.40. The maximum atomic E-state index is 12.6. The average molecular weight is 242 g/mol. The van der Waals surface area contributed by atoms with Gasteiger partial charge >= 0.3 is 12.1 Å². The number of rotatable bonds is 1. The molecule has 0 aromatic carbocycles. The minimum Gasteiger partial charge on any atom is -0.478 e. The van der Waals surface area contributed by atoms with Crippen LogP contribution < -0.4 is 0 Å². The molecular formula is C10H5F3N2O2. The van der Waals surface area contributed by atoms with Crippen molar-refractivity contribution in [3.8, 4) is 0 Å². The standard InChI is InChI=1S/C10H5F3N2O2/c11-10(12,13)8-6(9(16)17)3-5-4-14-2-1-7(5)15-8/h1-4H,(H,16,17). The number of aromatic nitrogens is 2. The molecule has 2 aromatic heterocycles. The Bertz CT molecular complexity index is 596. The highest BCUT2D eigenvalue weighted by molar-refractivity contribution is 5.93. The van der Waals surface area contributed by atoms with Crippen molar-refractivity contribution in [2.75, 3.05) is 0 Å². The zero-order valence-corrected chi connectivity index (χ0v) is 8.19. The lowest BCUT2D eigenvalue weighted by Crippen LogP contribution is -2.15. The van der Waals surface area contributed by atoms with Crippen molar-refractivity contribution in [3.05, 3.63) is 35.8 Å². The van der Waals surface area contributed by atoms with Crippen LogP contribution in [-0.4, -0.2) is 21.0 Å². The zero-order chi connectivity index (χ0) is 12.6. The molecule has 0 saturated carbocycles. The minimum absolute atomic E-state index is 0.0531. The first-order valence-electron chi connectivity index (χ1n) is 4.45. The van der Waals surface area contributed by atoms with Crippen LogP contribution in [0.15, 0.2) is 24.5 Å². The number of hydrogen-bond donors (Lipinski definition) is 1. The Morgan fingerprint density at radius 3 is 2.65 bits per heavy atom. The third-order valence-corrected chi connectivity index (χ3v) is 2.11. The fraction of sp³-hybridized carbons (Fsp3) is 0.100. The quantitative estimate of drug-likeness (QED) is 0.833. The van der Waals surface area contributed by atoms with Crippen LogP contribution in [0, 0.1) is 0 Å². The highest BCUT2D eigenvalue weighted by Crippen LogP contribution is 2.32. The molecule has 2 heterocycles. The van der Waals surface area contributed by atoms with E-state index in [1.165, 1.54) is 18.5 Å². The minimum atomic E-state index is -4.80. The molecule has 1 N–H and O–H groups in total. The first kappa shape index (κ1) is 11.3. The Morgan fingerprint density at radius 2 is 2.06 bits per heavy atom. The van der Waals surface area contributed by atoms with E-state index in [2.05, 4.69) is 9.97 Å². The Morgan fingerprint density at radius 1 is 1.35 bits per heavy atom. The van der Waals surface area contributed by atoms with Gasteiger partial charge in [-0.15, -0.1) is 0 Å². The van der Waals surface area contributed by atoms with Crippen LogP contribution in [0.3, 0.4) is 0 Å². The van der Waals surface area contributed by atoms with Crippen molar-refractivity contribution < 1.29 is 23.1 Å². The zero-order valence-electron chi connectivity index (χ0n) is 8.19. The van der Waals surface area contributed by atoms with Gasteiger partial charge in [0.2, 0.25) is 0 Å². The molecule has 0 amide bonds. The molecule has 0 bridgehead atoms. The summed E-state index contributed by atoms with van der Waals surface area (Å²) in [6.07, 6.45) is -2.25. The predicted octanol–water partition coefficient (Wildman–Crippen LogP) is 2.35. The van der Waals surface area contributed by atoms with Gasteiger partial charge in [-0.25, -0.2) is 9.78 Å². The summed E-state index contributed by atoms with van der Waals surface area (Å²) in [5.41, 5.74) is -2.22. The monoisotopic (exact) mass is 242 g/mol. The Labute approximate surface area is 92.7 Å². The molecule has 2 rings (SSSR count). The molecule has 0 aliphatic rings. The SMILES string of the molecule is O=C(O)c1cc2cnccc2nc1C(F)(F)F. The molecule has 0 radical (unpaired) electrons. The van der Waals surface area contributed by atoms with E-state index < -0.39 is 23.4 Å². The van der Waals surface area contributed by atoms with E-state index in [-0.39, 0.29) is 10.9 Å². The molecule has 0 spiro atoms. The van der Waals surface area contributed by atoms with Crippen molar-refractivity contribution in [2.24, 2.45) is 0 Å². The third kappa shape index (κ3) is 2.03. The normalized spacial score (nSPS) is 11.7. The number of carbonyl (C=O) groups is 1. The number of nitrogens with zero attached hydrogens (tertiary/aromatic N) is 2. The Balaban J connectivity index is 2.80. The number of hydrogen-bond acceptors (Lipinski definition) is 3. The second-order valence-corrected chi connectivity index (χ2v) is 3.26. The van der Waals surface area contributed by atoms with Gasteiger partial charge in [0.1, 0.15) is 0 Å². The highest BCUT2D eigenvalue weighted by Gasteiger charge is 2.37. The maximum absolute atomic E-state index is 12.6. The lowest BCUT2D eigenvalue weighted by atomic mass is 10.1. The molecule has 0 saturated heterocycles. The molecule has 7 heteroatoms. The van der Waals surface area contributed by atoms with E-state index in [1.807, 2.05) is 0 Å². The van der Waals surface area contributed by atoms with Crippen LogP contribution in [0.2, 0.25) is 0 Å². The molecule has 2 aromatic rings. The lowest BCUT2D eigenvalue weighted by Gasteiger charge is -2.10. The van der Waals surface area contributed by atoms with Gasteiger partial charge in [0.25, 0.3) is 0 Å². The molecule has 88 valence electrons. The second-order valence-electron chi connectivity index (χ2n) is 3.26. The number of carboxylic acids is 1. The van der Waals surface area contributed by atoms with Crippen LogP contribution in [0.4, 0.5) is 13.2 Å². The molecule has 0 fully saturated rings. The van der Waals surface area contributed by atoms with E-state index in [0.29, 0.717) is 0 Å². The smallest absolute Gasteiger partial charge is 0.434 e. The van der Waals surface area contributed by atoms with Gasteiger partial charge in [0.05, 0.1) is 11.1 Å². The maximum Gasteiger partial charge on any atom is 0.434 e. The first-order chi connectivity index (χ1) is 7.89. The fourth-order valence-electron chi connectivity index (χ4n) is 1.40. The summed E-state index contributed by atoms with van der Waals surface area (Å²) in [4.78, 5) is 17.8. The number of aromatic carboxylic acids is 1. The van der Waals surface area contributed by atoms with Crippen LogP contribution >= 0.6 is 0 Å². The molecule has 0 unspecified atom stereocenters. The van der Waals surface area contributed by atoms with Gasteiger partial charge in [0.15, 0.2) is 5.69 Å². The van der Waals surface area contributed by atoms with Gasteiger partial charge in [-0.1, -0.05) is 0 Å². The summed E-state index contributed by atoms with van der Waals surface area (Å²) in [6.45, 7) is 0. The van der Waals surface area contributed by atoms with E-state index in [4.69, 9.17) is 5.11 Å². The van der Waals surface area contributed by atoms with Crippen molar-refractivity contribution >= 4 is 16.9 Å². The van der Waals surface area contributed by atoms with Crippen LogP contribution in [0.25, 0.3) is 10.9 Å². The van der Waals surface area contributed by atoms with Gasteiger partial charge in [-0.2, -0.15) is 13.2 Å². The first-order valence-corrected chi connectivity index (χ1v) is 4.45. The van der Waals surface area contributed by atoms with Crippen molar-refractivity contribution in [2.45, 2.75) is 6.18 Å². The van der Waals surface area contributed by atoms with Crippen molar-refractivity contribution in [3.63, 3.8) is 0 Å². The Kier molecular flexibility index (Phi) is 2.45. The number of pyridine rings is 2. The van der Waals surface area contributed by atoms with Gasteiger partial charge in [-0.3, -0.25) is 4.98 Å². The van der Waals surface area contributed by atoms with Gasteiger partial charge < -0.3 is 5.11 Å². The van der Waals surface area contributed by atoms with E-state index in [1.54, 1.807) is 0 Å². The second kappa shape index (κ2) is 3.69. The van der Waals surface area contributed by atoms with Crippen LogP contribution in [0.5, 0.6) is 0 Å². The van der Waals surface area contributed by atoms with Crippen LogP contribution in [0.1, 0.15) is 16.1 Å². The molecule has 4 nitrogen and oxygen atoms in total.